The van der Waals surface area contributed by atoms with Crippen molar-refractivity contribution >= 4 is 0 Å². The van der Waals surface area contributed by atoms with Crippen LogP contribution in [0.4, 0.5) is 0 Å². The van der Waals surface area contributed by atoms with Gasteiger partial charge in [-0.1, -0.05) is 0 Å². The van der Waals surface area contributed by atoms with Crippen LogP contribution in [0.5, 0.6) is 0 Å². The van der Waals surface area contributed by atoms with E-state index in [0.29, 0.717) is 0 Å². The number of aromatic nitrogens is 4. The van der Waals surface area contributed by atoms with Crippen LogP contribution in [0.1, 0.15) is 5.69 Å². The molecule has 2 heterocycles. The second-order valence-corrected chi connectivity index (χ2v) is 2.77. The third kappa shape index (κ3) is 1.37. The Morgan fingerprint density at radius 1 is 1.42 bits per heavy atom. The predicted molar refractivity (Wildman–Crippen MR) is 44.5 cm³/mol. The molecule has 62 valence electrons. The Hall–Kier alpha value is -1.58. The van der Waals surface area contributed by atoms with Gasteiger partial charge in [-0.05, 0) is 0 Å². The Kier molecular flexibility index (Phi) is 1.66. The van der Waals surface area contributed by atoms with E-state index in [4.69, 9.17) is 0 Å². The molecule has 0 saturated heterocycles. The van der Waals surface area contributed by atoms with Gasteiger partial charge in [0.2, 0.25) is 0 Å². The van der Waals surface area contributed by atoms with E-state index in [0.717, 1.165) is 12.2 Å². The molecule has 12 heavy (non-hydrogen) atoms. The second kappa shape index (κ2) is 2.81. The van der Waals surface area contributed by atoms with Gasteiger partial charge in [-0.15, -0.1) is 0 Å². The van der Waals surface area contributed by atoms with E-state index in [1.54, 1.807) is 18.9 Å². The van der Waals surface area contributed by atoms with Gasteiger partial charge in [-0.25, -0.2) is 9.97 Å². The SMILES string of the molecule is Cn1cnc(Cn2ccnc2)c1. The molecule has 0 N–H and O–H groups in total. The topological polar surface area (TPSA) is 35.6 Å². The number of aryl methyl sites for hydroxylation is 1. The van der Waals surface area contributed by atoms with E-state index in [2.05, 4.69) is 9.97 Å². The first-order valence-electron chi connectivity index (χ1n) is 3.77. The molecule has 0 spiro atoms. The van der Waals surface area contributed by atoms with E-state index in [1.165, 1.54) is 0 Å². The zero-order valence-electron chi connectivity index (χ0n) is 6.88. The van der Waals surface area contributed by atoms with Crippen molar-refractivity contribution in [3.8, 4) is 0 Å². The van der Waals surface area contributed by atoms with Crippen LogP contribution in [-0.4, -0.2) is 19.1 Å². The number of imidazole rings is 2. The summed E-state index contributed by atoms with van der Waals surface area (Å²) < 4.78 is 3.93. The van der Waals surface area contributed by atoms with Crippen LogP contribution in [0.2, 0.25) is 0 Å². The summed E-state index contributed by atoms with van der Waals surface area (Å²) >= 11 is 0. The Balaban J connectivity index is 2.14. The standard InChI is InChI=1S/C8H10N4/c1-11-4-8(10-7-11)5-12-3-2-9-6-12/h2-4,6-7H,5H2,1H3. The molecule has 0 atom stereocenters. The molecule has 2 rings (SSSR count). The van der Waals surface area contributed by atoms with Crippen LogP contribution < -0.4 is 0 Å². The van der Waals surface area contributed by atoms with Gasteiger partial charge in [-0.3, -0.25) is 0 Å². The molecule has 0 aliphatic rings. The van der Waals surface area contributed by atoms with Crippen LogP contribution in [0.15, 0.2) is 31.2 Å². The summed E-state index contributed by atoms with van der Waals surface area (Å²) in [6.45, 7) is 0.792. The molecule has 0 fully saturated rings. The summed E-state index contributed by atoms with van der Waals surface area (Å²) in [5, 5.41) is 0. The highest BCUT2D eigenvalue weighted by atomic mass is 15.1. The van der Waals surface area contributed by atoms with E-state index in [-0.39, 0.29) is 0 Å². The molecule has 2 aromatic rings. The zero-order chi connectivity index (χ0) is 8.39. The lowest BCUT2D eigenvalue weighted by molar-refractivity contribution is 0.777. The monoisotopic (exact) mass is 162 g/mol. The van der Waals surface area contributed by atoms with Crippen LogP contribution in [0.25, 0.3) is 0 Å². The summed E-state index contributed by atoms with van der Waals surface area (Å²) in [6.07, 6.45) is 9.28. The van der Waals surface area contributed by atoms with Crippen molar-refractivity contribution in [2.75, 3.05) is 0 Å². The smallest absolute Gasteiger partial charge is 0.0949 e. The van der Waals surface area contributed by atoms with Gasteiger partial charge in [0.15, 0.2) is 0 Å². The Labute approximate surface area is 70.5 Å². The molecule has 0 amide bonds. The van der Waals surface area contributed by atoms with Gasteiger partial charge in [0.05, 0.1) is 24.9 Å². The number of nitrogens with zero attached hydrogens (tertiary/aromatic N) is 4. The second-order valence-electron chi connectivity index (χ2n) is 2.77. The summed E-state index contributed by atoms with van der Waals surface area (Å²) in [6, 6.07) is 0. The summed E-state index contributed by atoms with van der Waals surface area (Å²) in [5.41, 5.74) is 1.05. The maximum atomic E-state index is 4.20. The summed E-state index contributed by atoms with van der Waals surface area (Å²) in [5.74, 6) is 0. The molecule has 0 saturated carbocycles. The highest BCUT2D eigenvalue weighted by Gasteiger charge is 1.96. The van der Waals surface area contributed by atoms with Gasteiger partial charge < -0.3 is 9.13 Å². The normalized spacial score (nSPS) is 10.4. The van der Waals surface area contributed by atoms with Gasteiger partial charge in [0.1, 0.15) is 0 Å². The summed E-state index contributed by atoms with van der Waals surface area (Å²) in [4.78, 5) is 8.16. The van der Waals surface area contributed by atoms with Gasteiger partial charge in [-0.2, -0.15) is 0 Å². The Morgan fingerprint density at radius 3 is 2.92 bits per heavy atom. The number of hydrogen-bond acceptors (Lipinski definition) is 2. The highest BCUT2D eigenvalue weighted by molar-refractivity contribution is 4.97. The van der Waals surface area contributed by atoms with Crippen LogP contribution >= 0.6 is 0 Å². The first-order chi connectivity index (χ1) is 5.84. The van der Waals surface area contributed by atoms with Crippen molar-refractivity contribution in [2.45, 2.75) is 6.54 Å². The summed E-state index contributed by atoms with van der Waals surface area (Å²) in [7, 11) is 1.96. The van der Waals surface area contributed by atoms with Gasteiger partial charge in [0, 0.05) is 25.6 Å². The van der Waals surface area contributed by atoms with Crippen LogP contribution in [-0.2, 0) is 13.6 Å². The maximum Gasteiger partial charge on any atom is 0.0949 e. The highest BCUT2D eigenvalue weighted by Crippen LogP contribution is 1.97. The van der Waals surface area contributed by atoms with Crippen molar-refractivity contribution in [1.82, 2.24) is 19.1 Å². The van der Waals surface area contributed by atoms with Crippen LogP contribution in [0, 0.1) is 0 Å². The molecule has 0 aliphatic carbocycles. The van der Waals surface area contributed by atoms with Crippen LogP contribution in [0.3, 0.4) is 0 Å². The van der Waals surface area contributed by atoms with E-state index in [1.807, 2.05) is 28.6 Å². The first-order valence-corrected chi connectivity index (χ1v) is 3.77. The minimum Gasteiger partial charge on any atom is -0.340 e. The molecule has 4 nitrogen and oxygen atoms in total. The number of rotatable bonds is 2. The largest absolute Gasteiger partial charge is 0.340 e. The lowest BCUT2D eigenvalue weighted by Gasteiger charge is -1.95. The zero-order valence-corrected chi connectivity index (χ0v) is 6.88. The average Bonchev–Trinajstić information content (AvgIpc) is 2.63. The van der Waals surface area contributed by atoms with E-state index in [9.17, 15) is 0 Å². The first kappa shape index (κ1) is 7.09. The van der Waals surface area contributed by atoms with E-state index < -0.39 is 0 Å². The molecular weight excluding hydrogens is 152 g/mol. The van der Waals surface area contributed by atoms with Crippen molar-refractivity contribution in [1.29, 1.82) is 0 Å². The minimum absolute atomic E-state index is 0.792. The van der Waals surface area contributed by atoms with Gasteiger partial charge in [0.25, 0.3) is 0 Å². The van der Waals surface area contributed by atoms with Gasteiger partial charge >= 0.3 is 0 Å². The predicted octanol–water partition coefficient (Wildman–Crippen LogP) is 0.665. The maximum absolute atomic E-state index is 4.20. The molecule has 4 heteroatoms. The average molecular weight is 162 g/mol. The molecular formula is C8H10N4. The van der Waals surface area contributed by atoms with E-state index >= 15 is 0 Å². The Bertz CT molecular complexity index is 347. The molecule has 0 aliphatic heterocycles. The fraction of sp³-hybridized carbons (Fsp3) is 0.250. The fourth-order valence-electron chi connectivity index (χ4n) is 1.12. The van der Waals surface area contributed by atoms with Crippen molar-refractivity contribution < 1.29 is 0 Å². The lowest BCUT2D eigenvalue weighted by Crippen LogP contribution is -1.96. The fourth-order valence-corrected chi connectivity index (χ4v) is 1.12. The van der Waals surface area contributed by atoms with Crippen molar-refractivity contribution in [3.05, 3.63) is 36.9 Å². The number of hydrogen-bond donors (Lipinski definition) is 0. The molecule has 0 radical (unpaired) electrons. The molecule has 0 aromatic carbocycles. The Morgan fingerprint density at radius 2 is 2.33 bits per heavy atom. The molecule has 0 bridgehead atoms. The molecule has 0 unspecified atom stereocenters. The lowest BCUT2D eigenvalue weighted by atomic mass is 10.5. The quantitative estimate of drug-likeness (QED) is 0.650. The third-order valence-corrected chi connectivity index (χ3v) is 1.66. The third-order valence-electron chi connectivity index (χ3n) is 1.66. The van der Waals surface area contributed by atoms with Crippen molar-refractivity contribution in [2.24, 2.45) is 7.05 Å². The van der Waals surface area contributed by atoms with Crippen molar-refractivity contribution in [3.63, 3.8) is 0 Å². The minimum atomic E-state index is 0.792. The molecule has 2 aromatic heterocycles.